The lowest BCUT2D eigenvalue weighted by atomic mass is 9.93. The number of fused-ring (bicyclic) bond motifs is 1. The van der Waals surface area contributed by atoms with E-state index in [-0.39, 0.29) is 41.3 Å². The number of ether oxygens (including phenoxy) is 1. The number of carbonyl (C=O) groups excluding carboxylic acids is 3. The highest BCUT2D eigenvalue weighted by molar-refractivity contribution is 6.14. The molecule has 0 amide bonds. The minimum Gasteiger partial charge on any atom is -0.506 e. The molecule has 0 aliphatic carbocycles. The van der Waals surface area contributed by atoms with E-state index in [1.807, 2.05) is 0 Å². The van der Waals surface area contributed by atoms with Gasteiger partial charge >= 0.3 is 0 Å². The quantitative estimate of drug-likeness (QED) is 0.525. The van der Waals surface area contributed by atoms with Crippen LogP contribution in [0.4, 0.5) is 0 Å². The maximum atomic E-state index is 12.2. The molecule has 5 heteroatoms. The second kappa shape index (κ2) is 6.39. The minimum atomic E-state index is -0.487. The van der Waals surface area contributed by atoms with Gasteiger partial charge in [-0.1, -0.05) is 18.2 Å². The molecule has 1 aromatic carbocycles. The van der Waals surface area contributed by atoms with Crippen LogP contribution in [0.1, 0.15) is 51.3 Å². The lowest BCUT2D eigenvalue weighted by Gasteiger charge is -2.20. The van der Waals surface area contributed by atoms with Crippen molar-refractivity contribution in [1.29, 1.82) is 0 Å². The maximum absolute atomic E-state index is 12.2. The Morgan fingerprint density at radius 3 is 2.68 bits per heavy atom. The van der Waals surface area contributed by atoms with Crippen molar-refractivity contribution in [2.45, 2.75) is 20.3 Å². The Bertz CT molecular complexity index is 710. The van der Waals surface area contributed by atoms with Gasteiger partial charge < -0.3 is 9.84 Å². The third-order valence-corrected chi connectivity index (χ3v) is 3.30. The topological polar surface area (TPSA) is 80.7 Å². The van der Waals surface area contributed by atoms with Crippen molar-refractivity contribution in [2.24, 2.45) is 0 Å². The minimum absolute atomic E-state index is 0.0650. The maximum Gasteiger partial charge on any atom is 0.189 e. The number of carbonyl (C=O) groups is 3. The number of phenols is 1. The summed E-state index contributed by atoms with van der Waals surface area (Å²) in [5.74, 6) is -1.55. The molecular weight excluding hydrogens is 284 g/mol. The lowest BCUT2D eigenvalue weighted by Crippen LogP contribution is -2.19. The number of allylic oxidation sites excluding steroid dienone is 4. The van der Waals surface area contributed by atoms with Gasteiger partial charge in [0.05, 0.1) is 17.7 Å². The number of benzene rings is 1. The van der Waals surface area contributed by atoms with Gasteiger partial charge in [0.1, 0.15) is 17.1 Å². The predicted molar refractivity (Wildman–Crippen MR) is 80.8 cm³/mol. The van der Waals surface area contributed by atoms with E-state index in [2.05, 4.69) is 0 Å². The van der Waals surface area contributed by atoms with Crippen LogP contribution in [0.3, 0.4) is 0 Å². The fourth-order valence-electron chi connectivity index (χ4n) is 2.25. The van der Waals surface area contributed by atoms with Crippen LogP contribution in [0.25, 0.3) is 0 Å². The van der Waals surface area contributed by atoms with Crippen LogP contribution in [0, 0.1) is 0 Å². The standard InChI is InChI=1S/C17H16O5/c1-3-4-5-6-13(19)11-9-12-14(20)7-8-22-17(12)15(10(2)18)16(11)21/h3-6,9,21H,7-8H2,1-2H3. The molecule has 0 radical (unpaired) electrons. The van der Waals surface area contributed by atoms with Crippen molar-refractivity contribution in [3.63, 3.8) is 0 Å². The van der Waals surface area contributed by atoms with Gasteiger partial charge in [0.15, 0.2) is 17.3 Å². The predicted octanol–water partition coefficient (Wildman–Crippen LogP) is 2.88. The molecule has 0 saturated heterocycles. The molecule has 0 aromatic heterocycles. The summed E-state index contributed by atoms with van der Waals surface area (Å²) in [6.07, 6.45) is 6.37. The van der Waals surface area contributed by atoms with Crippen molar-refractivity contribution in [3.05, 3.63) is 47.1 Å². The Hall–Kier alpha value is -2.69. The van der Waals surface area contributed by atoms with Crippen LogP contribution >= 0.6 is 0 Å². The summed E-state index contributed by atoms with van der Waals surface area (Å²) >= 11 is 0. The molecule has 0 fully saturated rings. The van der Waals surface area contributed by atoms with Crippen LogP contribution in [0.5, 0.6) is 11.5 Å². The van der Waals surface area contributed by atoms with Gasteiger partial charge in [0.2, 0.25) is 0 Å². The van der Waals surface area contributed by atoms with Gasteiger partial charge in [-0.15, -0.1) is 0 Å². The van der Waals surface area contributed by atoms with Crippen molar-refractivity contribution in [3.8, 4) is 11.5 Å². The molecule has 1 heterocycles. The van der Waals surface area contributed by atoms with Gasteiger partial charge in [-0.3, -0.25) is 14.4 Å². The van der Waals surface area contributed by atoms with Crippen molar-refractivity contribution < 1.29 is 24.2 Å². The van der Waals surface area contributed by atoms with Gasteiger partial charge in [-0.25, -0.2) is 0 Å². The first-order chi connectivity index (χ1) is 10.5. The average molecular weight is 300 g/mol. The molecule has 1 aliphatic heterocycles. The van der Waals surface area contributed by atoms with Gasteiger partial charge in [-0.05, 0) is 26.0 Å². The van der Waals surface area contributed by atoms with E-state index in [4.69, 9.17) is 4.74 Å². The highest BCUT2D eigenvalue weighted by Crippen LogP contribution is 2.38. The summed E-state index contributed by atoms with van der Waals surface area (Å²) in [5, 5.41) is 10.2. The molecule has 0 saturated carbocycles. The highest BCUT2D eigenvalue weighted by Gasteiger charge is 2.29. The molecule has 0 atom stereocenters. The third kappa shape index (κ3) is 2.83. The fourth-order valence-corrected chi connectivity index (χ4v) is 2.25. The molecule has 114 valence electrons. The number of rotatable bonds is 4. The van der Waals surface area contributed by atoms with Crippen LogP contribution < -0.4 is 4.74 Å². The number of hydrogen-bond donors (Lipinski definition) is 1. The van der Waals surface area contributed by atoms with E-state index < -0.39 is 17.3 Å². The molecule has 0 bridgehead atoms. The zero-order valence-electron chi connectivity index (χ0n) is 12.4. The number of hydrogen-bond acceptors (Lipinski definition) is 5. The Balaban J connectivity index is 2.63. The van der Waals surface area contributed by atoms with Crippen molar-refractivity contribution in [1.82, 2.24) is 0 Å². The van der Waals surface area contributed by atoms with E-state index >= 15 is 0 Å². The summed E-state index contributed by atoms with van der Waals surface area (Å²) in [6.45, 7) is 3.21. The van der Waals surface area contributed by atoms with E-state index in [1.54, 1.807) is 19.1 Å². The zero-order chi connectivity index (χ0) is 16.3. The Morgan fingerprint density at radius 2 is 2.05 bits per heavy atom. The van der Waals surface area contributed by atoms with Crippen molar-refractivity contribution >= 4 is 17.3 Å². The second-order valence-corrected chi connectivity index (χ2v) is 4.85. The lowest BCUT2D eigenvalue weighted by molar-refractivity contribution is 0.0930. The van der Waals surface area contributed by atoms with Crippen LogP contribution in [0.15, 0.2) is 30.4 Å². The average Bonchev–Trinajstić information content (AvgIpc) is 2.46. The number of aromatic hydroxyl groups is 1. The first kappa shape index (κ1) is 15.7. The third-order valence-electron chi connectivity index (χ3n) is 3.30. The van der Waals surface area contributed by atoms with Gasteiger partial charge in [0, 0.05) is 6.42 Å². The van der Waals surface area contributed by atoms with Crippen LogP contribution in [0.2, 0.25) is 0 Å². The number of Topliss-reactive ketones (excluding diaryl/α,β-unsaturated/α-hetero) is 2. The summed E-state index contributed by atoms with van der Waals surface area (Å²) in [5.41, 5.74) is -0.0334. The molecular formula is C17H16O5. The summed E-state index contributed by atoms with van der Waals surface area (Å²) in [7, 11) is 0. The first-order valence-corrected chi connectivity index (χ1v) is 6.88. The van der Waals surface area contributed by atoms with Crippen LogP contribution in [-0.4, -0.2) is 29.1 Å². The second-order valence-electron chi connectivity index (χ2n) is 4.85. The van der Waals surface area contributed by atoms with Gasteiger partial charge in [0.25, 0.3) is 0 Å². The summed E-state index contributed by atoms with van der Waals surface area (Å²) < 4.78 is 5.36. The number of ketones is 3. The Morgan fingerprint density at radius 1 is 1.32 bits per heavy atom. The summed E-state index contributed by atoms with van der Waals surface area (Å²) in [6, 6.07) is 1.29. The summed E-state index contributed by atoms with van der Waals surface area (Å²) in [4.78, 5) is 35.9. The SMILES string of the molecule is CC=CC=CC(=O)c1cc2c(c(C(C)=O)c1O)OCCC2=O. The number of phenolic OH excluding ortho intramolecular Hbond substituents is 1. The van der Waals surface area contributed by atoms with E-state index in [0.29, 0.717) is 0 Å². The molecule has 22 heavy (non-hydrogen) atoms. The van der Waals surface area contributed by atoms with E-state index in [0.717, 1.165) is 0 Å². The van der Waals surface area contributed by atoms with E-state index in [1.165, 1.54) is 25.1 Å². The monoisotopic (exact) mass is 300 g/mol. The van der Waals surface area contributed by atoms with Crippen molar-refractivity contribution in [2.75, 3.05) is 6.61 Å². The molecule has 0 unspecified atom stereocenters. The van der Waals surface area contributed by atoms with Gasteiger partial charge in [-0.2, -0.15) is 0 Å². The molecule has 2 rings (SSSR count). The van der Waals surface area contributed by atoms with E-state index in [9.17, 15) is 19.5 Å². The Labute approximate surface area is 127 Å². The first-order valence-electron chi connectivity index (χ1n) is 6.88. The molecule has 1 N–H and O–H groups in total. The molecule has 0 spiro atoms. The normalized spacial score (nSPS) is 14.2. The largest absolute Gasteiger partial charge is 0.506 e. The molecule has 5 nitrogen and oxygen atoms in total. The smallest absolute Gasteiger partial charge is 0.189 e. The zero-order valence-corrected chi connectivity index (χ0v) is 12.4. The molecule has 1 aromatic rings. The molecule has 1 aliphatic rings. The van der Waals surface area contributed by atoms with Crippen LogP contribution in [-0.2, 0) is 0 Å². The highest BCUT2D eigenvalue weighted by atomic mass is 16.5. The fraction of sp³-hybridized carbons (Fsp3) is 0.235. The Kier molecular flexibility index (Phi) is 4.56.